The monoisotopic (exact) mass is 474 g/mol. The molecule has 0 aliphatic carbocycles. The van der Waals surface area contributed by atoms with E-state index in [0.29, 0.717) is 18.9 Å². The largest absolute Gasteiger partial charge is 0.394 e. The molecule has 0 aliphatic rings. The summed E-state index contributed by atoms with van der Waals surface area (Å²) in [5.74, 6) is 0. The number of aliphatic hydroxyl groups is 3. The zero-order valence-electron chi connectivity index (χ0n) is 19.5. The summed E-state index contributed by atoms with van der Waals surface area (Å²) in [5, 5.41) is 27.1. The molecule has 0 amide bonds. The van der Waals surface area contributed by atoms with Gasteiger partial charge in [0.15, 0.2) is 0 Å². The van der Waals surface area contributed by atoms with E-state index in [4.69, 9.17) is 19.3 Å². The molecule has 6 unspecified atom stereocenters. The summed E-state index contributed by atoms with van der Waals surface area (Å²) in [7, 11) is -1.34. The molecule has 6 atom stereocenters. The van der Waals surface area contributed by atoms with Crippen molar-refractivity contribution in [3.8, 4) is 0 Å². The van der Waals surface area contributed by atoms with Gasteiger partial charge in [0.05, 0.1) is 33.7 Å². The molecule has 0 bridgehead atoms. The molecule has 0 aromatic rings. The molecular weight excluding hydrogens is 430 g/mol. The lowest BCUT2D eigenvalue weighted by molar-refractivity contribution is -0.115. The molecule has 0 aromatic heterocycles. The summed E-state index contributed by atoms with van der Waals surface area (Å²) in [4.78, 5) is 0. The summed E-state index contributed by atoms with van der Waals surface area (Å²) in [6, 6.07) is 0. The summed E-state index contributed by atoms with van der Waals surface area (Å²) < 4.78 is 41.3. The predicted octanol–water partition coefficient (Wildman–Crippen LogP) is 2.57. The first-order chi connectivity index (χ1) is 14.0. The quantitative estimate of drug-likeness (QED) is 0.205. The highest BCUT2D eigenvalue weighted by molar-refractivity contribution is 7.46. The van der Waals surface area contributed by atoms with Crippen molar-refractivity contribution in [2.45, 2.75) is 82.2 Å². The van der Waals surface area contributed by atoms with Gasteiger partial charge in [-0.25, -0.2) is 0 Å². The van der Waals surface area contributed by atoms with E-state index in [1.807, 2.05) is 13.8 Å². The molecule has 8 nitrogen and oxygen atoms in total. The molecule has 0 aliphatic heterocycles. The zero-order valence-corrected chi connectivity index (χ0v) is 21.5. The van der Waals surface area contributed by atoms with Crippen LogP contribution in [0, 0.1) is 0 Å². The fourth-order valence-corrected chi connectivity index (χ4v) is 6.36. The molecule has 0 rings (SSSR count). The zero-order chi connectivity index (χ0) is 23.4. The van der Waals surface area contributed by atoms with E-state index in [9.17, 15) is 19.3 Å². The Morgan fingerprint density at radius 3 is 1.87 bits per heavy atom. The van der Waals surface area contributed by atoms with E-state index < -0.39 is 38.3 Å². The van der Waals surface area contributed by atoms with Gasteiger partial charge in [0.2, 0.25) is 0 Å². The summed E-state index contributed by atoms with van der Waals surface area (Å²) in [6.07, 6.45) is 2.08. The Morgan fingerprint density at radius 2 is 1.43 bits per heavy atom. The summed E-state index contributed by atoms with van der Waals surface area (Å²) in [6.45, 7) is 7.17. The highest BCUT2D eigenvalue weighted by Crippen LogP contribution is 2.44. The molecule has 0 fully saturated rings. The Balaban J connectivity index is 4.33. The second kappa shape index (κ2) is 15.1. The third-order valence-electron chi connectivity index (χ3n) is 5.68. The van der Waals surface area contributed by atoms with Crippen molar-refractivity contribution >= 4 is 15.6 Å². The maximum atomic E-state index is 12.8. The van der Waals surface area contributed by atoms with E-state index in [0.717, 1.165) is 25.7 Å². The third-order valence-corrected chi connectivity index (χ3v) is 10.6. The van der Waals surface area contributed by atoms with Gasteiger partial charge in [-0.3, -0.25) is 0 Å². The van der Waals surface area contributed by atoms with Crippen LogP contribution in [0.4, 0.5) is 0 Å². The van der Waals surface area contributed by atoms with Crippen molar-refractivity contribution in [3.63, 3.8) is 0 Å². The second-order valence-electron chi connectivity index (χ2n) is 8.66. The molecule has 0 spiro atoms. The molecule has 0 saturated carbocycles. The van der Waals surface area contributed by atoms with E-state index in [2.05, 4.69) is 0 Å². The maximum absolute atomic E-state index is 12.8. The number of hydrogen-bond acceptors (Lipinski definition) is 8. The third kappa shape index (κ3) is 9.79. The number of aliphatic hydroxyl groups excluding tert-OH is 3. The van der Waals surface area contributed by atoms with E-state index in [1.54, 1.807) is 13.8 Å². The summed E-state index contributed by atoms with van der Waals surface area (Å²) in [5.41, 5.74) is 0. The van der Waals surface area contributed by atoms with Crippen molar-refractivity contribution in [1.82, 2.24) is 0 Å². The predicted molar refractivity (Wildman–Crippen MR) is 122 cm³/mol. The second-order valence-corrected chi connectivity index (χ2v) is 13.7. The lowest BCUT2D eigenvalue weighted by atomic mass is 10.1. The molecule has 0 saturated heterocycles. The first-order valence-electron chi connectivity index (χ1n) is 10.7. The van der Waals surface area contributed by atoms with Crippen LogP contribution in [0.2, 0.25) is 0 Å². The van der Waals surface area contributed by atoms with Gasteiger partial charge in [0.25, 0.3) is 0 Å². The van der Waals surface area contributed by atoms with Crippen LogP contribution in [-0.2, 0) is 23.3 Å². The van der Waals surface area contributed by atoms with Crippen molar-refractivity contribution in [2.24, 2.45) is 0 Å². The molecule has 0 aromatic carbocycles. The number of unbranched alkanes of at least 4 members (excludes halogenated alkanes) is 3. The first kappa shape index (κ1) is 30.2. The Bertz CT molecular complexity index is 513. The highest BCUT2D eigenvalue weighted by Gasteiger charge is 2.43. The van der Waals surface area contributed by atoms with Crippen molar-refractivity contribution < 1.29 is 38.7 Å². The molecule has 10 heteroatoms. The van der Waals surface area contributed by atoms with Gasteiger partial charge < -0.3 is 38.7 Å². The Labute approximate surface area is 183 Å². The molecule has 3 N–H and O–H groups in total. The van der Waals surface area contributed by atoms with E-state index >= 15 is 0 Å². The average molecular weight is 475 g/mol. The molecule has 0 radical (unpaired) electrons. The molecule has 182 valence electrons. The van der Waals surface area contributed by atoms with Crippen molar-refractivity contribution in [2.75, 3.05) is 46.4 Å². The normalized spacial score (nSPS) is 19.6. The van der Waals surface area contributed by atoms with Gasteiger partial charge in [-0.15, -0.1) is 0 Å². The first-order valence-corrected chi connectivity index (χ1v) is 13.9. The smallest absolute Gasteiger partial charge is 0.143 e. The van der Waals surface area contributed by atoms with E-state index in [-0.39, 0.29) is 19.3 Å². The number of methoxy groups -OCH3 is 2. The molecule has 0 heterocycles. The van der Waals surface area contributed by atoms with Crippen LogP contribution in [0.3, 0.4) is 0 Å². The number of hydrogen-bond donors (Lipinski definition) is 3. The number of ether oxygens (including phenoxy) is 3. The Kier molecular flexibility index (Phi) is 15.2. The van der Waals surface area contributed by atoms with Crippen molar-refractivity contribution in [1.29, 1.82) is 0 Å². The Hall–Kier alpha value is 0.220. The lowest BCUT2D eigenvalue weighted by Gasteiger charge is -2.36. The maximum Gasteiger partial charge on any atom is 0.143 e. The van der Waals surface area contributed by atoms with Gasteiger partial charge in [-0.2, -0.15) is 0 Å². The van der Waals surface area contributed by atoms with Gasteiger partial charge in [-0.05, 0) is 32.9 Å². The fourth-order valence-electron chi connectivity index (χ4n) is 3.05. The van der Waals surface area contributed by atoms with Gasteiger partial charge in [0, 0.05) is 25.5 Å². The van der Waals surface area contributed by atoms with Crippen LogP contribution in [-0.4, -0.2) is 90.5 Å². The standard InChI is InChI=1S/C20H44O8P2/c1-16(13-21)28-15-19(2,3)29(24)11-9-7-8-10-12-30(25)20(4,27-6)18(23)17(14-22)26-5/h16-18,21-23,29-30H,7-15H2,1-6H3. The minimum atomic E-state index is -2.29. The van der Waals surface area contributed by atoms with Gasteiger partial charge in [0.1, 0.15) is 25.4 Å². The highest BCUT2D eigenvalue weighted by atomic mass is 31.1. The topological polar surface area (TPSA) is 123 Å². The van der Waals surface area contributed by atoms with Gasteiger partial charge >= 0.3 is 0 Å². The van der Waals surface area contributed by atoms with Crippen LogP contribution in [0.15, 0.2) is 0 Å². The fraction of sp³-hybridized carbons (Fsp3) is 1.00. The van der Waals surface area contributed by atoms with Crippen LogP contribution in [0.1, 0.15) is 53.4 Å². The number of rotatable bonds is 18. The van der Waals surface area contributed by atoms with Crippen molar-refractivity contribution in [3.05, 3.63) is 0 Å². The van der Waals surface area contributed by atoms with Crippen LogP contribution >= 0.6 is 15.6 Å². The lowest BCUT2D eigenvalue weighted by Crippen LogP contribution is -2.48. The molecular formula is C20H44O8P2. The molecule has 30 heavy (non-hydrogen) atoms. The van der Waals surface area contributed by atoms with E-state index in [1.165, 1.54) is 14.2 Å². The van der Waals surface area contributed by atoms with Gasteiger partial charge in [-0.1, -0.05) is 26.7 Å². The average Bonchev–Trinajstić information content (AvgIpc) is 2.73. The van der Waals surface area contributed by atoms with Crippen LogP contribution in [0.25, 0.3) is 0 Å². The minimum Gasteiger partial charge on any atom is -0.394 e. The SMILES string of the molecule is COC(CO)C(O)C(C)(OC)[PH](=O)CCCCCC[PH](=O)C(C)(C)COC(C)CO. The van der Waals surface area contributed by atoms with Crippen LogP contribution < -0.4 is 0 Å². The Morgan fingerprint density at radius 1 is 0.900 bits per heavy atom. The minimum absolute atomic E-state index is 0.0502. The summed E-state index contributed by atoms with van der Waals surface area (Å²) >= 11 is 0. The van der Waals surface area contributed by atoms with Crippen LogP contribution in [0.5, 0.6) is 0 Å².